The predicted octanol–water partition coefficient (Wildman–Crippen LogP) is 4.24. The van der Waals surface area contributed by atoms with Crippen LogP contribution in [0.25, 0.3) is 11.1 Å². The first kappa shape index (κ1) is 26.0. The van der Waals surface area contributed by atoms with Gasteiger partial charge in [0.2, 0.25) is 0 Å². The summed E-state index contributed by atoms with van der Waals surface area (Å²) in [6, 6.07) is 8.38. The molecule has 0 amide bonds. The number of halogens is 3. The van der Waals surface area contributed by atoms with E-state index >= 15 is 0 Å². The zero-order valence-corrected chi connectivity index (χ0v) is 19.4. The summed E-state index contributed by atoms with van der Waals surface area (Å²) in [6.45, 7) is 4.63. The van der Waals surface area contributed by atoms with Crippen LogP contribution in [0.4, 0.5) is 13.2 Å². The van der Waals surface area contributed by atoms with Crippen LogP contribution in [0.1, 0.15) is 36.5 Å². The van der Waals surface area contributed by atoms with E-state index < -0.39 is 23.9 Å². The second-order valence-electron chi connectivity index (χ2n) is 8.53. The third kappa shape index (κ3) is 6.49. The summed E-state index contributed by atoms with van der Waals surface area (Å²) in [4.78, 5) is 15.1. The zero-order valence-electron chi connectivity index (χ0n) is 19.4. The number of benzene rings is 2. The van der Waals surface area contributed by atoms with E-state index in [1.807, 2.05) is 6.92 Å². The lowest BCUT2D eigenvalue weighted by Gasteiger charge is -2.30. The molecule has 1 aliphatic rings. The average Bonchev–Trinajstić information content (AvgIpc) is 3.29. The fraction of sp³-hybridized carbons (Fsp3) is 0.480. The van der Waals surface area contributed by atoms with E-state index in [9.17, 15) is 23.1 Å². The molecule has 2 aromatic rings. The SMILES string of the molecule is CCN(Cc1cc(C(F)(F)F)ccc1-c1cc(CC(=O)O)ccc1OC)C(O)CN1CCCC1. The van der Waals surface area contributed by atoms with E-state index in [2.05, 4.69) is 4.90 Å². The second kappa shape index (κ2) is 11.2. The molecule has 0 spiro atoms. The van der Waals surface area contributed by atoms with Gasteiger partial charge in [-0.15, -0.1) is 0 Å². The number of carboxylic acids is 1. The third-order valence-corrected chi connectivity index (χ3v) is 6.16. The quantitative estimate of drug-likeness (QED) is 0.496. The molecule has 1 aliphatic heterocycles. The molecule has 9 heteroatoms. The van der Waals surface area contributed by atoms with Crippen LogP contribution in [-0.2, 0) is 23.9 Å². The number of aliphatic carboxylic acids is 1. The highest BCUT2D eigenvalue weighted by Gasteiger charge is 2.32. The lowest BCUT2D eigenvalue weighted by Crippen LogP contribution is -2.42. The summed E-state index contributed by atoms with van der Waals surface area (Å²) in [5.41, 5.74) is 1.12. The van der Waals surface area contributed by atoms with Crippen LogP contribution < -0.4 is 4.74 Å². The molecule has 0 bridgehead atoms. The lowest BCUT2D eigenvalue weighted by atomic mass is 9.94. The number of hydrogen-bond acceptors (Lipinski definition) is 5. The summed E-state index contributed by atoms with van der Waals surface area (Å²) in [5.74, 6) is -0.582. The normalized spacial score (nSPS) is 15.6. The molecule has 2 aromatic carbocycles. The number of aliphatic hydroxyl groups excluding tert-OH is 1. The van der Waals surface area contributed by atoms with Crippen LogP contribution in [-0.4, -0.2) is 65.5 Å². The van der Waals surface area contributed by atoms with Gasteiger partial charge < -0.3 is 14.9 Å². The minimum absolute atomic E-state index is 0.0943. The van der Waals surface area contributed by atoms with Crippen LogP contribution in [0, 0.1) is 0 Å². The Balaban J connectivity index is 2.02. The number of β-amino-alcohol motifs (C(OH)–C–C–N with tert-alkyl or cyclic N) is 1. The first-order chi connectivity index (χ1) is 16.1. The Bertz CT molecular complexity index is 991. The topological polar surface area (TPSA) is 73.2 Å². The second-order valence-corrected chi connectivity index (χ2v) is 8.53. The van der Waals surface area contributed by atoms with E-state index in [4.69, 9.17) is 9.84 Å². The molecule has 0 aliphatic carbocycles. The maximum atomic E-state index is 13.5. The van der Waals surface area contributed by atoms with E-state index in [0.29, 0.717) is 41.1 Å². The molecule has 1 atom stereocenters. The summed E-state index contributed by atoms with van der Waals surface area (Å²) in [6.07, 6.45) is -3.42. The van der Waals surface area contributed by atoms with Gasteiger partial charge in [0, 0.05) is 18.7 Å². The van der Waals surface area contributed by atoms with Gasteiger partial charge in [-0.3, -0.25) is 14.6 Å². The van der Waals surface area contributed by atoms with Crippen LogP contribution >= 0.6 is 0 Å². The molecule has 1 saturated heterocycles. The maximum absolute atomic E-state index is 13.5. The molecule has 0 saturated carbocycles. The first-order valence-electron chi connectivity index (χ1n) is 11.4. The molecule has 34 heavy (non-hydrogen) atoms. The minimum Gasteiger partial charge on any atom is -0.496 e. The largest absolute Gasteiger partial charge is 0.496 e. The monoisotopic (exact) mass is 480 g/mol. The summed E-state index contributed by atoms with van der Waals surface area (Å²) < 4.78 is 46.1. The fourth-order valence-electron chi connectivity index (χ4n) is 4.37. The van der Waals surface area contributed by atoms with Gasteiger partial charge >= 0.3 is 12.1 Å². The van der Waals surface area contributed by atoms with Gasteiger partial charge in [0.05, 0.1) is 19.1 Å². The number of hydrogen-bond donors (Lipinski definition) is 2. The number of carbonyl (C=O) groups is 1. The molecule has 1 unspecified atom stereocenters. The molecular weight excluding hydrogens is 449 g/mol. The highest BCUT2D eigenvalue weighted by molar-refractivity contribution is 5.77. The fourth-order valence-corrected chi connectivity index (χ4v) is 4.37. The molecule has 3 rings (SSSR count). The average molecular weight is 481 g/mol. The Morgan fingerprint density at radius 3 is 2.44 bits per heavy atom. The molecule has 1 fully saturated rings. The number of alkyl halides is 3. The maximum Gasteiger partial charge on any atom is 0.416 e. The Morgan fingerprint density at radius 1 is 1.15 bits per heavy atom. The number of nitrogens with zero attached hydrogens (tertiary/aromatic N) is 2. The third-order valence-electron chi connectivity index (χ3n) is 6.16. The van der Waals surface area contributed by atoms with Crippen molar-refractivity contribution >= 4 is 5.97 Å². The Labute approximate surface area is 197 Å². The van der Waals surface area contributed by atoms with Crippen molar-refractivity contribution in [2.24, 2.45) is 0 Å². The van der Waals surface area contributed by atoms with Crippen LogP contribution in [0.5, 0.6) is 5.75 Å². The van der Waals surface area contributed by atoms with Crippen LogP contribution in [0.3, 0.4) is 0 Å². The predicted molar refractivity (Wildman–Crippen MR) is 123 cm³/mol. The van der Waals surface area contributed by atoms with Crippen molar-refractivity contribution in [2.45, 2.75) is 45.1 Å². The Hall–Kier alpha value is -2.62. The first-order valence-corrected chi connectivity index (χ1v) is 11.4. The summed E-state index contributed by atoms with van der Waals surface area (Å²) in [7, 11) is 1.46. The van der Waals surface area contributed by atoms with Gasteiger partial charge in [-0.25, -0.2) is 0 Å². The molecule has 2 N–H and O–H groups in total. The zero-order chi connectivity index (χ0) is 24.9. The van der Waals surface area contributed by atoms with E-state index in [-0.39, 0.29) is 13.0 Å². The molecule has 1 heterocycles. The molecule has 186 valence electrons. The molecule has 6 nitrogen and oxygen atoms in total. The van der Waals surface area contributed by atoms with Crippen LogP contribution in [0.15, 0.2) is 36.4 Å². The van der Waals surface area contributed by atoms with E-state index in [1.165, 1.54) is 13.2 Å². The van der Waals surface area contributed by atoms with Crippen molar-refractivity contribution in [3.8, 4) is 16.9 Å². The van der Waals surface area contributed by atoms with Crippen molar-refractivity contribution in [2.75, 3.05) is 33.3 Å². The van der Waals surface area contributed by atoms with Gasteiger partial charge in [-0.2, -0.15) is 13.2 Å². The van der Waals surface area contributed by atoms with Gasteiger partial charge in [-0.1, -0.05) is 19.1 Å². The number of aliphatic hydroxyl groups is 1. The number of ether oxygens (including phenoxy) is 1. The number of rotatable bonds is 10. The van der Waals surface area contributed by atoms with Gasteiger partial charge in [0.15, 0.2) is 0 Å². The Kier molecular flexibility index (Phi) is 8.57. The number of likely N-dealkylation sites (tertiary alicyclic amines) is 1. The number of carboxylic acid groups (broad SMARTS) is 1. The van der Waals surface area contributed by atoms with Crippen molar-refractivity contribution < 1.29 is 32.9 Å². The Morgan fingerprint density at radius 2 is 1.85 bits per heavy atom. The van der Waals surface area contributed by atoms with Crippen molar-refractivity contribution in [3.05, 3.63) is 53.1 Å². The van der Waals surface area contributed by atoms with Crippen LogP contribution in [0.2, 0.25) is 0 Å². The molecule has 0 aromatic heterocycles. The van der Waals surface area contributed by atoms with E-state index in [1.54, 1.807) is 23.1 Å². The van der Waals surface area contributed by atoms with E-state index in [0.717, 1.165) is 38.1 Å². The number of methoxy groups -OCH3 is 1. The molecular formula is C25H31F3N2O4. The van der Waals surface area contributed by atoms with Crippen molar-refractivity contribution in [1.29, 1.82) is 0 Å². The number of likely N-dealkylation sites (N-methyl/N-ethyl adjacent to an activating group) is 1. The molecule has 0 radical (unpaired) electrons. The van der Waals surface area contributed by atoms with Gasteiger partial charge in [-0.05, 0) is 73.4 Å². The highest BCUT2D eigenvalue weighted by Crippen LogP contribution is 2.38. The lowest BCUT2D eigenvalue weighted by molar-refractivity contribution is -0.138. The standard InChI is InChI=1S/C25H31F3N2O4/c1-3-30(23(31)16-29-10-4-5-11-29)15-18-14-19(25(26,27)28)7-8-20(18)21-12-17(13-24(32)33)6-9-22(21)34-2/h6-9,12,14,23,31H,3-5,10-11,13,15-16H2,1-2H3,(H,32,33). The van der Waals surface area contributed by atoms with Gasteiger partial charge in [0.1, 0.15) is 12.0 Å². The van der Waals surface area contributed by atoms with Crippen molar-refractivity contribution in [1.82, 2.24) is 9.80 Å². The van der Waals surface area contributed by atoms with Crippen molar-refractivity contribution in [3.63, 3.8) is 0 Å². The summed E-state index contributed by atoms with van der Waals surface area (Å²) >= 11 is 0. The summed E-state index contributed by atoms with van der Waals surface area (Å²) in [5, 5.41) is 20.0. The smallest absolute Gasteiger partial charge is 0.416 e. The highest BCUT2D eigenvalue weighted by atomic mass is 19.4. The minimum atomic E-state index is -4.52. The van der Waals surface area contributed by atoms with Gasteiger partial charge in [0.25, 0.3) is 0 Å².